The van der Waals surface area contributed by atoms with Crippen molar-refractivity contribution in [1.82, 2.24) is 4.98 Å². The van der Waals surface area contributed by atoms with Gasteiger partial charge in [-0.05, 0) is 36.4 Å². The molecule has 0 amide bonds. The Hall–Kier alpha value is -2.48. The van der Waals surface area contributed by atoms with Crippen LogP contribution in [0.2, 0.25) is 5.02 Å². The Balaban J connectivity index is 2.04. The lowest BCUT2D eigenvalue weighted by Crippen LogP contribution is -2.30. The van der Waals surface area contributed by atoms with Gasteiger partial charge in [0, 0.05) is 16.1 Å². The van der Waals surface area contributed by atoms with Crippen LogP contribution in [-0.4, -0.2) is 16.3 Å². The highest BCUT2D eigenvalue weighted by Crippen LogP contribution is 2.34. The molecule has 0 aliphatic rings. The molecule has 28 heavy (non-hydrogen) atoms. The van der Waals surface area contributed by atoms with Gasteiger partial charge in [-0.25, -0.2) is 4.39 Å². The quantitative estimate of drug-likeness (QED) is 0.471. The third-order valence-electron chi connectivity index (χ3n) is 4.25. The number of aliphatic hydroxyl groups is 1. The van der Waals surface area contributed by atoms with E-state index in [1.807, 2.05) is 0 Å². The fourth-order valence-electron chi connectivity index (χ4n) is 2.92. The minimum absolute atomic E-state index is 0.00349. The highest BCUT2D eigenvalue weighted by molar-refractivity contribution is 6.31. The molecule has 0 spiro atoms. The van der Waals surface area contributed by atoms with E-state index in [0.29, 0.717) is 11.3 Å². The molecule has 0 radical (unpaired) electrons. The summed E-state index contributed by atoms with van der Waals surface area (Å²) < 4.78 is 52.6. The molecule has 8 heteroatoms. The maximum absolute atomic E-state index is 14.3. The Kier molecular flexibility index (Phi) is 5.69. The molecule has 0 aliphatic carbocycles. The summed E-state index contributed by atoms with van der Waals surface area (Å²) in [7, 11) is 0. The summed E-state index contributed by atoms with van der Waals surface area (Å²) in [4.78, 5) is 4.37. The predicted molar refractivity (Wildman–Crippen MR) is 98.1 cm³/mol. The number of pyridine rings is 1. The molecule has 2 unspecified atom stereocenters. The van der Waals surface area contributed by atoms with Crippen LogP contribution in [0.4, 0.5) is 17.6 Å². The second-order valence-corrected chi connectivity index (χ2v) is 6.53. The monoisotopic (exact) mass is 410 g/mol. The summed E-state index contributed by atoms with van der Waals surface area (Å²) >= 11 is 6.09. The van der Waals surface area contributed by atoms with Gasteiger partial charge in [0.15, 0.2) is 0 Å². The van der Waals surface area contributed by atoms with E-state index in [9.17, 15) is 22.7 Å². The Morgan fingerprint density at radius 3 is 2.18 bits per heavy atom. The lowest BCUT2D eigenvalue weighted by molar-refractivity contribution is -0.137. The summed E-state index contributed by atoms with van der Waals surface area (Å²) in [6, 6.07) is 13.3. The Labute approximate surface area is 163 Å². The Bertz CT molecular complexity index is 954. The van der Waals surface area contributed by atoms with Gasteiger partial charge in [-0.1, -0.05) is 35.9 Å². The molecule has 0 fully saturated rings. The van der Waals surface area contributed by atoms with Crippen molar-refractivity contribution in [2.45, 2.75) is 18.3 Å². The Morgan fingerprint density at radius 1 is 0.964 bits per heavy atom. The van der Waals surface area contributed by atoms with Crippen LogP contribution in [0.15, 0.2) is 60.7 Å². The van der Waals surface area contributed by atoms with E-state index in [1.165, 1.54) is 36.4 Å². The van der Waals surface area contributed by atoms with Crippen molar-refractivity contribution < 1.29 is 22.7 Å². The van der Waals surface area contributed by atoms with Crippen molar-refractivity contribution in [1.29, 1.82) is 0 Å². The summed E-state index contributed by atoms with van der Waals surface area (Å²) in [5, 5.41) is 10.1. The van der Waals surface area contributed by atoms with Crippen LogP contribution in [0.1, 0.15) is 22.7 Å². The van der Waals surface area contributed by atoms with E-state index in [-0.39, 0.29) is 16.3 Å². The van der Waals surface area contributed by atoms with Gasteiger partial charge < -0.3 is 10.8 Å². The maximum Gasteiger partial charge on any atom is 0.416 e. The van der Waals surface area contributed by atoms with Crippen molar-refractivity contribution in [3.05, 3.63) is 88.3 Å². The highest BCUT2D eigenvalue weighted by atomic mass is 35.5. The lowest BCUT2D eigenvalue weighted by atomic mass is 9.92. The number of aromatic nitrogens is 1. The van der Waals surface area contributed by atoms with Crippen LogP contribution >= 0.6 is 11.6 Å². The average molecular weight is 411 g/mol. The van der Waals surface area contributed by atoms with Crippen molar-refractivity contribution in [3.8, 4) is 11.3 Å². The van der Waals surface area contributed by atoms with Gasteiger partial charge in [-0.2, -0.15) is 13.2 Å². The summed E-state index contributed by atoms with van der Waals surface area (Å²) in [5.74, 6) is -1.70. The smallest absolute Gasteiger partial charge is 0.378 e. The van der Waals surface area contributed by atoms with Crippen molar-refractivity contribution >= 4 is 11.6 Å². The minimum atomic E-state index is -4.44. The number of halogens is 5. The van der Waals surface area contributed by atoms with E-state index < -0.39 is 29.7 Å². The van der Waals surface area contributed by atoms with Crippen LogP contribution in [0, 0.1) is 5.82 Å². The van der Waals surface area contributed by atoms with Crippen LogP contribution < -0.4 is 5.73 Å². The zero-order valence-corrected chi connectivity index (χ0v) is 15.0. The molecule has 0 saturated heterocycles. The molecule has 0 saturated carbocycles. The van der Waals surface area contributed by atoms with E-state index >= 15 is 0 Å². The number of benzene rings is 2. The average Bonchev–Trinajstić information content (AvgIpc) is 2.64. The number of aliphatic hydroxyl groups excluding tert-OH is 1. The molecule has 1 heterocycles. The molecule has 3 rings (SSSR count). The molecule has 1 aromatic heterocycles. The number of nitrogens with zero attached hydrogens (tertiary/aromatic N) is 1. The molecule has 3 nitrogen and oxygen atoms in total. The van der Waals surface area contributed by atoms with Gasteiger partial charge in [0.1, 0.15) is 12.0 Å². The largest absolute Gasteiger partial charge is 0.416 e. The SMILES string of the molecule is NC(O)C(c1cccc(-c2ccc(C(F)(F)F)cc2)n1)c1c(F)cccc1Cl. The first-order valence-corrected chi connectivity index (χ1v) is 8.58. The molecule has 3 N–H and O–H groups in total. The standard InChI is InChI=1S/C20H15ClF4N2O/c21-13-3-1-4-14(22)17(13)18(19(26)28)16-6-2-5-15(27-16)11-7-9-12(10-8-11)20(23,24)25/h1-10,18-19,28H,26H2. The van der Waals surface area contributed by atoms with E-state index in [2.05, 4.69) is 4.98 Å². The van der Waals surface area contributed by atoms with Gasteiger partial charge in [-0.15, -0.1) is 0 Å². The van der Waals surface area contributed by atoms with Crippen LogP contribution in [0.5, 0.6) is 0 Å². The molecule has 0 bridgehead atoms. The molecular weight excluding hydrogens is 396 g/mol. The first-order chi connectivity index (χ1) is 13.2. The summed E-state index contributed by atoms with van der Waals surface area (Å²) in [6.07, 6.45) is -5.94. The van der Waals surface area contributed by atoms with Crippen LogP contribution in [-0.2, 0) is 6.18 Å². The summed E-state index contributed by atoms with van der Waals surface area (Å²) in [5.41, 5.74) is 5.90. The van der Waals surface area contributed by atoms with Gasteiger partial charge in [-0.3, -0.25) is 4.98 Å². The van der Waals surface area contributed by atoms with E-state index in [4.69, 9.17) is 17.3 Å². The topological polar surface area (TPSA) is 59.1 Å². The molecule has 146 valence electrons. The zero-order chi connectivity index (χ0) is 20.5. The number of rotatable bonds is 4. The minimum Gasteiger partial charge on any atom is -0.378 e. The number of alkyl halides is 3. The third kappa shape index (κ3) is 4.16. The van der Waals surface area contributed by atoms with Crippen molar-refractivity contribution in [2.75, 3.05) is 0 Å². The van der Waals surface area contributed by atoms with Gasteiger partial charge in [0.05, 0.1) is 22.9 Å². The fraction of sp³-hybridized carbons (Fsp3) is 0.150. The molecule has 2 aromatic carbocycles. The predicted octanol–water partition coefficient (Wildman–Crippen LogP) is 4.97. The lowest BCUT2D eigenvalue weighted by Gasteiger charge is -2.22. The van der Waals surface area contributed by atoms with Crippen LogP contribution in [0.3, 0.4) is 0 Å². The number of hydrogen-bond donors (Lipinski definition) is 2. The van der Waals surface area contributed by atoms with Crippen molar-refractivity contribution in [2.24, 2.45) is 5.73 Å². The maximum atomic E-state index is 14.3. The number of hydrogen-bond acceptors (Lipinski definition) is 3. The second kappa shape index (κ2) is 7.87. The molecule has 3 aromatic rings. The van der Waals surface area contributed by atoms with Gasteiger partial charge >= 0.3 is 6.18 Å². The summed E-state index contributed by atoms with van der Waals surface area (Å²) in [6.45, 7) is 0. The van der Waals surface area contributed by atoms with Crippen molar-refractivity contribution in [3.63, 3.8) is 0 Å². The molecule has 0 aliphatic heterocycles. The fourth-order valence-corrected chi connectivity index (χ4v) is 3.20. The molecular formula is C20H15ClF4N2O. The second-order valence-electron chi connectivity index (χ2n) is 6.13. The third-order valence-corrected chi connectivity index (χ3v) is 4.58. The first kappa shape index (κ1) is 20.3. The van der Waals surface area contributed by atoms with E-state index in [1.54, 1.807) is 12.1 Å². The first-order valence-electron chi connectivity index (χ1n) is 8.20. The Morgan fingerprint density at radius 2 is 1.61 bits per heavy atom. The van der Waals surface area contributed by atoms with Gasteiger partial charge in [0.25, 0.3) is 0 Å². The van der Waals surface area contributed by atoms with Gasteiger partial charge in [0.2, 0.25) is 0 Å². The molecule has 2 atom stereocenters. The van der Waals surface area contributed by atoms with E-state index in [0.717, 1.165) is 12.1 Å². The normalized spacial score (nSPS) is 14.0. The highest BCUT2D eigenvalue weighted by Gasteiger charge is 2.30. The zero-order valence-electron chi connectivity index (χ0n) is 14.3. The number of nitrogens with two attached hydrogens (primary N) is 1. The van der Waals surface area contributed by atoms with Crippen LogP contribution in [0.25, 0.3) is 11.3 Å².